The van der Waals surface area contributed by atoms with Crippen LogP contribution < -0.4 is 0 Å². The fourth-order valence-electron chi connectivity index (χ4n) is 6.39. The predicted molar refractivity (Wildman–Crippen MR) is 154 cm³/mol. The molecule has 0 saturated carbocycles. The number of ether oxygens (including phenoxy) is 2. The van der Waals surface area contributed by atoms with Crippen LogP contribution in [0.3, 0.4) is 0 Å². The molecule has 0 saturated heterocycles. The molecule has 0 N–H and O–H groups in total. The monoisotopic (exact) mass is 544 g/mol. The van der Waals surface area contributed by atoms with E-state index < -0.39 is 24.5 Å². The summed E-state index contributed by atoms with van der Waals surface area (Å²) in [6, 6.07) is 23.5. The van der Waals surface area contributed by atoms with Gasteiger partial charge in [0.1, 0.15) is 0 Å². The molecule has 0 atom stereocenters. The number of methoxy groups -OCH3 is 2. The zero-order valence-corrected chi connectivity index (χ0v) is 24.2. The summed E-state index contributed by atoms with van der Waals surface area (Å²) < 4.78 is 19.3. The molecule has 5 rings (SSSR count). The van der Waals surface area contributed by atoms with Crippen LogP contribution in [0, 0.1) is 20.8 Å². The zero-order valence-electron chi connectivity index (χ0n) is 23.3. The van der Waals surface area contributed by atoms with E-state index in [4.69, 9.17) is 19.3 Å². The molecule has 8 heteroatoms. The number of aryl methyl sites for hydroxylation is 3. The summed E-state index contributed by atoms with van der Waals surface area (Å²) in [5, 5.41) is 4.88. The molecule has 2 aliphatic rings. The number of carbonyl (C=O) groups excluding carboxylic acids is 2. The first-order valence-electron chi connectivity index (χ1n) is 12.7. The van der Waals surface area contributed by atoms with Crippen molar-refractivity contribution in [1.82, 2.24) is 4.67 Å². The van der Waals surface area contributed by atoms with Gasteiger partial charge in [-0.2, -0.15) is 0 Å². The third-order valence-corrected chi connectivity index (χ3v) is 11.7. The molecule has 3 aromatic carbocycles. The second kappa shape index (κ2) is 9.06. The number of hydrogen-bond donors (Lipinski definition) is 0. The van der Waals surface area contributed by atoms with E-state index in [1.165, 1.54) is 14.2 Å². The average Bonchev–Trinajstić information content (AvgIpc) is 3.31. The van der Waals surface area contributed by atoms with Gasteiger partial charge in [-0.25, -0.2) is 0 Å². The Labute approximate surface area is 229 Å². The Morgan fingerprint density at radius 3 is 1.77 bits per heavy atom. The molecule has 39 heavy (non-hydrogen) atoms. The summed E-state index contributed by atoms with van der Waals surface area (Å²) in [6.45, 7) is 5.91. The minimum absolute atomic E-state index is 0.157. The minimum atomic E-state index is -4.00. The molecular weight excluding hydrogens is 511 g/mol. The third-order valence-electron chi connectivity index (χ3n) is 7.76. The number of carbonyl (C=O) groups is 2. The molecule has 7 nitrogen and oxygen atoms in total. The van der Waals surface area contributed by atoms with Crippen LogP contribution in [0.1, 0.15) is 33.4 Å². The Hall–Kier alpha value is -3.96. The summed E-state index contributed by atoms with van der Waals surface area (Å²) >= 11 is 0. The number of nitrogens with zero attached hydrogens (tertiary/aromatic N) is 2. The Morgan fingerprint density at radius 1 is 0.821 bits per heavy atom. The van der Waals surface area contributed by atoms with Gasteiger partial charge in [0.15, 0.2) is 0 Å². The van der Waals surface area contributed by atoms with Gasteiger partial charge in [-0.1, -0.05) is 0 Å². The van der Waals surface area contributed by atoms with E-state index >= 15 is 0 Å². The zero-order chi connectivity index (χ0) is 28.2. The van der Waals surface area contributed by atoms with Gasteiger partial charge in [-0.15, -0.1) is 0 Å². The number of amidine groups is 1. The van der Waals surface area contributed by atoms with Crippen molar-refractivity contribution in [3.05, 3.63) is 117 Å². The normalized spacial score (nSPS) is 19.3. The Balaban J connectivity index is 2.02. The third kappa shape index (κ3) is 3.56. The Morgan fingerprint density at radius 2 is 1.31 bits per heavy atom. The molecule has 0 unspecified atom stereocenters. The summed E-state index contributed by atoms with van der Waals surface area (Å²) in [6.07, 6.45) is 0. The fraction of sp³-hybridized carbons (Fsp3) is 0.258. The molecule has 0 aliphatic carbocycles. The summed E-state index contributed by atoms with van der Waals surface area (Å²) in [5.74, 6) is -0.725. The second-order valence-corrected chi connectivity index (χ2v) is 15.5. The summed E-state index contributed by atoms with van der Waals surface area (Å²) in [7, 11) is 2.63. The maximum absolute atomic E-state index is 14.0. The van der Waals surface area contributed by atoms with Crippen LogP contribution in [0.15, 0.2) is 88.8 Å². The van der Waals surface area contributed by atoms with E-state index in [1.54, 1.807) is 0 Å². The first-order chi connectivity index (χ1) is 18.5. The van der Waals surface area contributed by atoms with Crippen molar-refractivity contribution in [2.45, 2.75) is 26.3 Å². The first-order valence-corrected chi connectivity index (χ1v) is 15.7. The SMILES string of the molecule is COC(=O)C1=C(C(=O)OC)P2(C)(C)ON=C(c3c(C)cc(C)cc3C)N2C1(c1ccccc1)c1ccccc1. The number of oxime groups is 1. The van der Waals surface area contributed by atoms with Crippen LogP contribution in [0.2, 0.25) is 0 Å². The van der Waals surface area contributed by atoms with Crippen LogP contribution in [0.5, 0.6) is 0 Å². The van der Waals surface area contributed by atoms with Crippen LogP contribution in [0.25, 0.3) is 0 Å². The van der Waals surface area contributed by atoms with Crippen LogP contribution in [0.4, 0.5) is 0 Å². The topological polar surface area (TPSA) is 77.4 Å². The van der Waals surface area contributed by atoms with E-state index in [9.17, 15) is 9.59 Å². The summed E-state index contributed by atoms with van der Waals surface area (Å²) in [4.78, 5) is 27.7. The van der Waals surface area contributed by atoms with E-state index in [1.807, 2.05) is 87.8 Å². The average molecular weight is 545 g/mol. The van der Waals surface area contributed by atoms with Crippen molar-refractivity contribution < 1.29 is 23.7 Å². The van der Waals surface area contributed by atoms with Gasteiger partial charge in [-0.3, -0.25) is 0 Å². The molecule has 202 valence electrons. The fourth-order valence-corrected chi connectivity index (χ4v) is 10.5. The van der Waals surface area contributed by atoms with Crippen molar-refractivity contribution in [3.63, 3.8) is 0 Å². The predicted octanol–water partition coefficient (Wildman–Crippen LogP) is 5.81. The van der Waals surface area contributed by atoms with Gasteiger partial charge in [0.2, 0.25) is 0 Å². The van der Waals surface area contributed by atoms with Gasteiger partial charge in [0.25, 0.3) is 0 Å². The van der Waals surface area contributed by atoms with Crippen LogP contribution >= 0.6 is 6.98 Å². The van der Waals surface area contributed by atoms with Crippen molar-refractivity contribution >= 4 is 24.8 Å². The molecule has 2 aliphatic heterocycles. The molecule has 0 aromatic heterocycles. The molecule has 0 bridgehead atoms. The molecule has 0 fully saturated rings. The Bertz CT molecular complexity index is 1500. The van der Waals surface area contributed by atoms with Crippen LogP contribution in [-0.4, -0.2) is 50.0 Å². The molecule has 0 amide bonds. The van der Waals surface area contributed by atoms with Gasteiger partial charge >= 0.3 is 229 Å². The summed E-state index contributed by atoms with van der Waals surface area (Å²) in [5.41, 5.74) is 4.45. The first kappa shape index (κ1) is 26.6. The number of fused-ring (bicyclic) bond motifs is 1. The van der Waals surface area contributed by atoms with Crippen molar-refractivity contribution in [2.24, 2.45) is 5.16 Å². The van der Waals surface area contributed by atoms with E-state index in [0.29, 0.717) is 5.84 Å². The number of benzene rings is 3. The molecule has 3 aromatic rings. The molecule has 2 heterocycles. The quantitative estimate of drug-likeness (QED) is 0.298. The Kier molecular flexibility index (Phi) is 6.19. The number of hydrogen-bond acceptors (Lipinski definition) is 7. The van der Waals surface area contributed by atoms with Gasteiger partial charge < -0.3 is 0 Å². The number of esters is 2. The van der Waals surface area contributed by atoms with Gasteiger partial charge in [-0.05, 0) is 0 Å². The van der Waals surface area contributed by atoms with Crippen molar-refractivity contribution in [1.29, 1.82) is 0 Å². The van der Waals surface area contributed by atoms with E-state index in [-0.39, 0.29) is 10.9 Å². The van der Waals surface area contributed by atoms with Gasteiger partial charge in [0, 0.05) is 0 Å². The maximum atomic E-state index is 14.0. The molecular formula is C31H33N2O5P. The second-order valence-electron chi connectivity index (χ2n) is 10.7. The van der Waals surface area contributed by atoms with Gasteiger partial charge in [0.05, 0.1) is 0 Å². The van der Waals surface area contributed by atoms with Crippen molar-refractivity contribution in [3.8, 4) is 0 Å². The number of rotatable bonds is 5. The van der Waals surface area contributed by atoms with E-state index in [0.717, 1.165) is 33.4 Å². The van der Waals surface area contributed by atoms with Crippen molar-refractivity contribution in [2.75, 3.05) is 27.5 Å². The van der Waals surface area contributed by atoms with E-state index in [2.05, 4.69) is 23.7 Å². The van der Waals surface area contributed by atoms with Crippen LogP contribution in [-0.2, 0) is 29.2 Å². The molecule has 0 radical (unpaired) electrons. The standard InChI is InChI=1S/C31H33N2O5P/c1-20-18-21(2)25(22(3)19-20)28-32-38-39(6,7)27(30(35)37-5)26(29(34)36-4)31(33(28)39,23-14-10-8-11-15-23)24-16-12-9-13-17-24/h8-19H,1-7H3. The molecule has 0 spiro atoms.